The van der Waals surface area contributed by atoms with Gasteiger partial charge in [0.15, 0.2) is 9.84 Å². The van der Waals surface area contributed by atoms with Crippen molar-refractivity contribution < 1.29 is 13.2 Å². The van der Waals surface area contributed by atoms with E-state index in [1.54, 1.807) is 19.1 Å². The van der Waals surface area contributed by atoms with Crippen molar-refractivity contribution in [2.45, 2.75) is 56.9 Å². The molecule has 0 saturated heterocycles. The van der Waals surface area contributed by atoms with Gasteiger partial charge in [-0.3, -0.25) is 4.79 Å². The third kappa shape index (κ3) is 4.30. The number of sulfone groups is 1. The Morgan fingerprint density at radius 1 is 1.24 bits per heavy atom. The molecule has 2 rings (SSSR count). The number of aryl methyl sites for hydroxylation is 2. The van der Waals surface area contributed by atoms with Crippen LogP contribution in [-0.4, -0.2) is 26.1 Å². The van der Waals surface area contributed by atoms with E-state index < -0.39 is 9.84 Å². The minimum Gasteiger partial charge on any atom is -0.353 e. The number of hydrogen-bond donors (Lipinski definition) is 1. The molecule has 21 heavy (non-hydrogen) atoms. The van der Waals surface area contributed by atoms with Crippen molar-refractivity contribution >= 4 is 15.7 Å². The largest absolute Gasteiger partial charge is 0.353 e. The highest BCUT2D eigenvalue weighted by atomic mass is 32.2. The molecule has 0 radical (unpaired) electrons. The summed E-state index contributed by atoms with van der Waals surface area (Å²) in [5.74, 6) is -0.287. The highest BCUT2D eigenvalue weighted by Gasteiger charge is 2.21. The average molecular weight is 309 g/mol. The van der Waals surface area contributed by atoms with E-state index in [4.69, 9.17) is 0 Å². The lowest BCUT2D eigenvalue weighted by Crippen LogP contribution is -2.33. The zero-order chi connectivity index (χ0) is 15.5. The second-order valence-corrected chi connectivity index (χ2v) is 7.96. The van der Waals surface area contributed by atoms with E-state index >= 15 is 0 Å². The van der Waals surface area contributed by atoms with E-state index in [1.165, 1.54) is 0 Å². The smallest absolute Gasteiger partial charge is 0.221 e. The summed E-state index contributed by atoms with van der Waals surface area (Å²) in [5.41, 5.74) is 1.77. The first-order valence-electron chi connectivity index (χ1n) is 7.48. The first-order chi connectivity index (χ1) is 9.88. The van der Waals surface area contributed by atoms with Gasteiger partial charge in [0, 0.05) is 12.5 Å². The lowest BCUT2D eigenvalue weighted by molar-refractivity contribution is -0.121. The molecule has 1 fully saturated rings. The zero-order valence-electron chi connectivity index (χ0n) is 12.7. The van der Waals surface area contributed by atoms with Crippen LogP contribution in [0.2, 0.25) is 0 Å². The first-order valence-corrected chi connectivity index (χ1v) is 9.13. The van der Waals surface area contributed by atoms with Crippen molar-refractivity contribution in [1.82, 2.24) is 5.32 Å². The molecule has 1 aromatic rings. The van der Waals surface area contributed by atoms with E-state index in [2.05, 4.69) is 5.32 Å². The van der Waals surface area contributed by atoms with Gasteiger partial charge in [0.2, 0.25) is 5.91 Å². The second kappa shape index (κ2) is 6.60. The van der Waals surface area contributed by atoms with Crippen molar-refractivity contribution in [3.05, 3.63) is 29.3 Å². The Balaban J connectivity index is 1.95. The van der Waals surface area contributed by atoms with Gasteiger partial charge in [-0.15, -0.1) is 0 Å². The number of carbonyl (C=O) groups is 1. The molecule has 0 aromatic heterocycles. The summed E-state index contributed by atoms with van der Waals surface area (Å²) in [5, 5.41) is 2.92. The minimum absolute atomic E-state index is 0.0339. The van der Waals surface area contributed by atoms with Crippen molar-refractivity contribution in [2.24, 2.45) is 0 Å². The van der Waals surface area contributed by atoms with Crippen LogP contribution in [0.4, 0.5) is 0 Å². The Morgan fingerprint density at radius 2 is 1.90 bits per heavy atom. The summed E-state index contributed by atoms with van der Waals surface area (Å²) in [6.45, 7) is 3.72. The van der Waals surface area contributed by atoms with Crippen LogP contribution in [0.15, 0.2) is 23.1 Å². The molecule has 0 unspecified atom stereocenters. The maximum Gasteiger partial charge on any atom is 0.221 e. The molecular weight excluding hydrogens is 286 g/mol. The van der Waals surface area contributed by atoms with Crippen LogP contribution in [0.3, 0.4) is 0 Å². The third-order valence-corrected chi connectivity index (χ3v) is 5.85. The van der Waals surface area contributed by atoms with Crippen LogP contribution >= 0.6 is 0 Å². The van der Waals surface area contributed by atoms with Gasteiger partial charge in [-0.2, -0.15) is 0 Å². The van der Waals surface area contributed by atoms with Crippen molar-refractivity contribution in [3.63, 3.8) is 0 Å². The monoisotopic (exact) mass is 309 g/mol. The van der Waals surface area contributed by atoms with Crippen LogP contribution in [0.5, 0.6) is 0 Å². The highest BCUT2D eigenvalue weighted by molar-refractivity contribution is 7.91. The fourth-order valence-electron chi connectivity index (χ4n) is 2.86. The Labute approximate surface area is 126 Å². The van der Waals surface area contributed by atoms with Gasteiger partial charge < -0.3 is 5.32 Å². The Morgan fingerprint density at radius 3 is 2.52 bits per heavy atom. The minimum atomic E-state index is -3.40. The Bertz CT molecular complexity index is 616. The van der Waals surface area contributed by atoms with Crippen LogP contribution in [0.1, 0.15) is 43.2 Å². The maximum atomic E-state index is 12.3. The van der Waals surface area contributed by atoms with E-state index in [9.17, 15) is 13.2 Å². The first kappa shape index (κ1) is 16.0. The molecular formula is C16H23NO3S. The number of carbonyl (C=O) groups excluding carboxylic acids is 1. The number of benzene rings is 1. The molecule has 1 N–H and O–H groups in total. The van der Waals surface area contributed by atoms with Crippen molar-refractivity contribution in [2.75, 3.05) is 5.75 Å². The van der Waals surface area contributed by atoms with Crippen molar-refractivity contribution in [3.8, 4) is 0 Å². The molecule has 1 aliphatic carbocycles. The molecule has 1 amide bonds. The third-order valence-electron chi connectivity index (χ3n) is 3.98. The van der Waals surface area contributed by atoms with E-state index in [0.29, 0.717) is 4.90 Å². The SMILES string of the molecule is Cc1ccc(S(=O)(=O)CCC(=O)NC2CCCC2)c(C)c1. The summed E-state index contributed by atoms with van der Waals surface area (Å²) in [7, 11) is -3.40. The summed E-state index contributed by atoms with van der Waals surface area (Å²) in [6.07, 6.45) is 4.34. The van der Waals surface area contributed by atoms with Gasteiger partial charge in [-0.1, -0.05) is 30.5 Å². The fourth-order valence-corrected chi connectivity index (χ4v) is 4.35. The molecule has 5 heteroatoms. The highest BCUT2D eigenvalue weighted by Crippen LogP contribution is 2.20. The van der Waals surface area contributed by atoms with E-state index in [1.807, 2.05) is 13.0 Å². The molecule has 0 heterocycles. The van der Waals surface area contributed by atoms with Gasteiger partial charge in [-0.05, 0) is 38.3 Å². The Kier molecular flexibility index (Phi) is 5.04. The molecule has 116 valence electrons. The lowest BCUT2D eigenvalue weighted by Gasteiger charge is -2.12. The number of rotatable bonds is 5. The van der Waals surface area contributed by atoms with Gasteiger partial charge in [0.25, 0.3) is 0 Å². The fraction of sp³-hybridized carbons (Fsp3) is 0.562. The topological polar surface area (TPSA) is 63.2 Å². The quantitative estimate of drug-likeness (QED) is 0.909. The standard InChI is InChI=1S/C16H23NO3S/c1-12-7-8-15(13(2)11-12)21(19,20)10-9-16(18)17-14-5-3-4-6-14/h7-8,11,14H,3-6,9-10H2,1-2H3,(H,17,18). The summed E-state index contributed by atoms with van der Waals surface area (Å²) in [4.78, 5) is 12.2. The van der Waals surface area contributed by atoms with Crippen LogP contribution in [0, 0.1) is 13.8 Å². The molecule has 4 nitrogen and oxygen atoms in total. The Hall–Kier alpha value is -1.36. The number of hydrogen-bond acceptors (Lipinski definition) is 3. The molecule has 0 bridgehead atoms. The lowest BCUT2D eigenvalue weighted by atomic mass is 10.2. The predicted octanol–water partition coefficient (Wildman–Crippen LogP) is 2.53. The molecule has 0 spiro atoms. The van der Waals surface area contributed by atoms with Gasteiger partial charge >= 0.3 is 0 Å². The molecule has 1 aliphatic rings. The number of amides is 1. The second-order valence-electron chi connectivity index (χ2n) is 5.89. The van der Waals surface area contributed by atoms with Crippen molar-refractivity contribution in [1.29, 1.82) is 0 Å². The molecule has 0 aliphatic heterocycles. The average Bonchev–Trinajstić information content (AvgIpc) is 2.89. The molecule has 1 saturated carbocycles. The molecule has 0 atom stereocenters. The summed E-state index contributed by atoms with van der Waals surface area (Å²) < 4.78 is 24.7. The van der Waals surface area contributed by atoms with E-state index in [0.717, 1.165) is 36.8 Å². The van der Waals surface area contributed by atoms with Gasteiger partial charge in [0.1, 0.15) is 0 Å². The molecule has 1 aromatic carbocycles. The van der Waals surface area contributed by atoms with Crippen LogP contribution in [0.25, 0.3) is 0 Å². The number of nitrogens with one attached hydrogen (secondary N) is 1. The maximum absolute atomic E-state index is 12.3. The summed E-state index contributed by atoms with van der Waals surface area (Å²) in [6, 6.07) is 5.51. The zero-order valence-corrected chi connectivity index (χ0v) is 13.5. The summed E-state index contributed by atoms with van der Waals surface area (Å²) >= 11 is 0. The van der Waals surface area contributed by atoms with E-state index in [-0.39, 0.29) is 24.1 Å². The predicted molar refractivity (Wildman–Crippen MR) is 83.0 cm³/mol. The van der Waals surface area contributed by atoms with Crippen LogP contribution in [-0.2, 0) is 14.6 Å². The normalized spacial score (nSPS) is 16.1. The van der Waals surface area contributed by atoms with Gasteiger partial charge in [-0.25, -0.2) is 8.42 Å². The van der Waals surface area contributed by atoms with Gasteiger partial charge in [0.05, 0.1) is 10.6 Å². The van der Waals surface area contributed by atoms with Crippen LogP contribution < -0.4 is 5.32 Å².